The molecule has 1 fully saturated rings. The maximum absolute atomic E-state index is 5.58. The topological polar surface area (TPSA) is 38.6 Å². The van der Waals surface area contributed by atoms with Crippen LogP contribution in [0.5, 0.6) is 0 Å². The number of imidazole rings is 1. The molecule has 0 radical (unpaired) electrons. The molecule has 4 nitrogen and oxygen atoms in total. The monoisotopic (exact) mass is 259 g/mol. The highest BCUT2D eigenvalue weighted by Crippen LogP contribution is 2.16. The zero-order valence-corrected chi connectivity index (χ0v) is 11.6. The first-order chi connectivity index (χ1) is 9.24. The Morgan fingerprint density at radius 1 is 1.47 bits per heavy atom. The fourth-order valence-corrected chi connectivity index (χ4v) is 2.80. The van der Waals surface area contributed by atoms with E-state index in [-0.39, 0.29) is 0 Å². The number of nitrogens with zero attached hydrogens (tertiary/aromatic N) is 2. The van der Waals surface area contributed by atoms with Crippen molar-refractivity contribution >= 4 is 5.65 Å². The first-order valence-corrected chi connectivity index (χ1v) is 7.01. The van der Waals surface area contributed by atoms with Crippen LogP contribution in [0.1, 0.15) is 31.2 Å². The average molecular weight is 259 g/mol. The Morgan fingerprint density at radius 3 is 3.21 bits per heavy atom. The van der Waals surface area contributed by atoms with E-state index >= 15 is 0 Å². The van der Waals surface area contributed by atoms with E-state index in [9.17, 15) is 0 Å². The van der Waals surface area contributed by atoms with Crippen molar-refractivity contribution in [1.29, 1.82) is 0 Å². The largest absolute Gasteiger partial charge is 0.378 e. The van der Waals surface area contributed by atoms with Crippen molar-refractivity contribution in [3.63, 3.8) is 0 Å². The molecule has 0 aliphatic carbocycles. The molecule has 1 aliphatic rings. The Balaban J connectivity index is 1.73. The van der Waals surface area contributed by atoms with Gasteiger partial charge in [0.1, 0.15) is 5.65 Å². The number of aromatic nitrogens is 2. The number of fused-ring (bicyclic) bond motifs is 1. The van der Waals surface area contributed by atoms with Crippen molar-refractivity contribution in [2.45, 2.75) is 45.4 Å². The third kappa shape index (κ3) is 2.65. The molecule has 19 heavy (non-hydrogen) atoms. The van der Waals surface area contributed by atoms with Gasteiger partial charge in [0.15, 0.2) is 0 Å². The van der Waals surface area contributed by atoms with Crippen molar-refractivity contribution in [2.24, 2.45) is 0 Å². The molecule has 1 aliphatic heterocycles. The fourth-order valence-electron chi connectivity index (χ4n) is 2.80. The van der Waals surface area contributed by atoms with Crippen LogP contribution in [0.25, 0.3) is 5.65 Å². The summed E-state index contributed by atoms with van der Waals surface area (Å²) in [6.07, 6.45) is 4.64. The van der Waals surface area contributed by atoms with E-state index in [2.05, 4.69) is 34.7 Å². The molecule has 0 aromatic carbocycles. The summed E-state index contributed by atoms with van der Waals surface area (Å²) in [5.74, 6) is 0. The van der Waals surface area contributed by atoms with Gasteiger partial charge in [-0.1, -0.05) is 6.07 Å². The summed E-state index contributed by atoms with van der Waals surface area (Å²) < 4.78 is 7.75. The van der Waals surface area contributed by atoms with Gasteiger partial charge in [-0.25, -0.2) is 4.98 Å². The molecule has 102 valence electrons. The predicted molar refractivity (Wildman–Crippen MR) is 75.2 cm³/mol. The van der Waals surface area contributed by atoms with Crippen LogP contribution in [0, 0.1) is 6.92 Å². The number of rotatable bonds is 3. The lowest BCUT2D eigenvalue weighted by Crippen LogP contribution is -2.37. The van der Waals surface area contributed by atoms with Crippen molar-refractivity contribution in [3.05, 3.63) is 35.8 Å². The minimum Gasteiger partial charge on any atom is -0.378 e. The Morgan fingerprint density at radius 2 is 2.37 bits per heavy atom. The van der Waals surface area contributed by atoms with Crippen molar-refractivity contribution < 1.29 is 4.74 Å². The Kier molecular flexibility index (Phi) is 3.53. The summed E-state index contributed by atoms with van der Waals surface area (Å²) in [7, 11) is 0. The molecular weight excluding hydrogens is 238 g/mol. The predicted octanol–water partition coefficient (Wildman–Crippen LogP) is 2.30. The first-order valence-electron chi connectivity index (χ1n) is 7.01. The number of ether oxygens (including phenoxy) is 1. The first kappa shape index (κ1) is 12.6. The van der Waals surface area contributed by atoms with Crippen LogP contribution in [0.4, 0.5) is 0 Å². The SMILES string of the molecule is Cc1nc2ccccn2c1CNC1CCOC(C)C1. The second kappa shape index (κ2) is 5.31. The lowest BCUT2D eigenvalue weighted by atomic mass is 10.0. The van der Waals surface area contributed by atoms with E-state index in [0.29, 0.717) is 12.1 Å². The molecule has 0 spiro atoms. The lowest BCUT2D eigenvalue weighted by Gasteiger charge is -2.28. The van der Waals surface area contributed by atoms with Crippen LogP contribution < -0.4 is 5.32 Å². The van der Waals surface area contributed by atoms with Crippen LogP contribution in [-0.2, 0) is 11.3 Å². The Bertz CT molecular complexity index is 564. The summed E-state index contributed by atoms with van der Waals surface area (Å²) in [6.45, 7) is 5.96. The van der Waals surface area contributed by atoms with Crippen LogP contribution in [0.2, 0.25) is 0 Å². The standard InChI is InChI=1S/C15H21N3O/c1-11-9-13(6-8-19-11)16-10-14-12(2)17-15-5-3-4-7-18(14)15/h3-5,7,11,13,16H,6,8-10H2,1-2H3. The molecule has 1 N–H and O–H groups in total. The zero-order chi connectivity index (χ0) is 13.2. The van der Waals surface area contributed by atoms with Gasteiger partial charge in [0, 0.05) is 25.4 Å². The number of hydrogen-bond donors (Lipinski definition) is 1. The molecular formula is C15H21N3O. The molecule has 0 bridgehead atoms. The summed E-state index contributed by atoms with van der Waals surface area (Å²) in [5, 5.41) is 3.65. The molecule has 2 aromatic heterocycles. The van der Waals surface area contributed by atoms with Gasteiger partial charge in [-0.2, -0.15) is 0 Å². The van der Waals surface area contributed by atoms with Crippen LogP contribution in [0.15, 0.2) is 24.4 Å². The number of hydrogen-bond acceptors (Lipinski definition) is 3. The van der Waals surface area contributed by atoms with Gasteiger partial charge in [-0.15, -0.1) is 0 Å². The van der Waals surface area contributed by atoms with Gasteiger partial charge in [0.25, 0.3) is 0 Å². The van der Waals surface area contributed by atoms with Gasteiger partial charge >= 0.3 is 0 Å². The maximum atomic E-state index is 5.58. The molecule has 2 unspecified atom stereocenters. The smallest absolute Gasteiger partial charge is 0.137 e. The van der Waals surface area contributed by atoms with E-state index in [1.165, 1.54) is 5.69 Å². The van der Waals surface area contributed by atoms with E-state index in [4.69, 9.17) is 4.74 Å². The number of aryl methyl sites for hydroxylation is 1. The molecule has 4 heteroatoms. The summed E-state index contributed by atoms with van der Waals surface area (Å²) in [4.78, 5) is 4.59. The van der Waals surface area contributed by atoms with E-state index < -0.39 is 0 Å². The number of nitrogens with one attached hydrogen (secondary N) is 1. The van der Waals surface area contributed by atoms with Gasteiger partial charge < -0.3 is 14.5 Å². The quantitative estimate of drug-likeness (QED) is 0.919. The Labute approximate surface area is 113 Å². The highest BCUT2D eigenvalue weighted by molar-refractivity contribution is 5.42. The van der Waals surface area contributed by atoms with E-state index in [1.807, 2.05) is 18.2 Å². The van der Waals surface area contributed by atoms with Gasteiger partial charge in [0.05, 0.1) is 17.5 Å². The van der Waals surface area contributed by atoms with E-state index in [1.54, 1.807) is 0 Å². The molecule has 2 aromatic rings. The third-order valence-electron chi connectivity index (χ3n) is 3.87. The van der Waals surface area contributed by atoms with Gasteiger partial charge in [0.2, 0.25) is 0 Å². The molecule has 3 heterocycles. The van der Waals surface area contributed by atoms with Crippen LogP contribution in [-0.4, -0.2) is 28.1 Å². The van der Waals surface area contributed by atoms with Crippen molar-refractivity contribution in [3.8, 4) is 0 Å². The lowest BCUT2D eigenvalue weighted by molar-refractivity contribution is 0.0130. The van der Waals surface area contributed by atoms with Crippen LogP contribution >= 0.6 is 0 Å². The van der Waals surface area contributed by atoms with Gasteiger partial charge in [-0.05, 0) is 38.8 Å². The second-order valence-electron chi connectivity index (χ2n) is 5.36. The minimum atomic E-state index is 0.370. The summed E-state index contributed by atoms with van der Waals surface area (Å²) in [5.41, 5.74) is 3.39. The maximum Gasteiger partial charge on any atom is 0.137 e. The molecule has 1 saturated heterocycles. The molecule has 3 rings (SSSR count). The van der Waals surface area contributed by atoms with Crippen molar-refractivity contribution in [2.75, 3.05) is 6.61 Å². The summed E-state index contributed by atoms with van der Waals surface area (Å²) >= 11 is 0. The summed E-state index contributed by atoms with van der Waals surface area (Å²) in [6, 6.07) is 6.68. The highest BCUT2D eigenvalue weighted by Gasteiger charge is 2.19. The van der Waals surface area contributed by atoms with Gasteiger partial charge in [-0.3, -0.25) is 0 Å². The average Bonchev–Trinajstić information content (AvgIpc) is 2.72. The number of pyridine rings is 1. The second-order valence-corrected chi connectivity index (χ2v) is 5.36. The highest BCUT2D eigenvalue weighted by atomic mass is 16.5. The molecule has 2 atom stereocenters. The molecule has 0 amide bonds. The fraction of sp³-hybridized carbons (Fsp3) is 0.533. The van der Waals surface area contributed by atoms with E-state index in [0.717, 1.165) is 37.3 Å². The normalized spacial score (nSPS) is 23.9. The third-order valence-corrected chi connectivity index (χ3v) is 3.87. The zero-order valence-electron chi connectivity index (χ0n) is 11.6. The molecule has 0 saturated carbocycles. The van der Waals surface area contributed by atoms with Crippen LogP contribution in [0.3, 0.4) is 0 Å². The Hall–Kier alpha value is -1.39. The van der Waals surface area contributed by atoms with Crippen molar-refractivity contribution in [1.82, 2.24) is 14.7 Å². The minimum absolute atomic E-state index is 0.370.